The van der Waals surface area contributed by atoms with E-state index in [1.807, 2.05) is 0 Å². The van der Waals surface area contributed by atoms with E-state index in [2.05, 4.69) is 4.90 Å². The highest BCUT2D eigenvalue weighted by atomic mass is 32.3. The van der Waals surface area contributed by atoms with Crippen LogP contribution in [0.15, 0.2) is 0 Å². The third kappa shape index (κ3) is 5.88. The van der Waals surface area contributed by atoms with Crippen molar-refractivity contribution in [3.63, 3.8) is 0 Å². The van der Waals surface area contributed by atoms with Gasteiger partial charge >= 0.3 is 10.2 Å². The average Bonchev–Trinajstić information content (AvgIpc) is 2.74. The molecule has 0 aromatic carbocycles. The topological polar surface area (TPSA) is 66.9 Å². The van der Waals surface area contributed by atoms with Crippen molar-refractivity contribution in [1.82, 2.24) is 9.80 Å². The summed E-state index contributed by atoms with van der Waals surface area (Å²) < 4.78 is 39.2. The van der Waals surface area contributed by atoms with Crippen LogP contribution in [0.5, 0.6) is 0 Å². The molecule has 1 amide bonds. The van der Waals surface area contributed by atoms with E-state index in [9.17, 15) is 17.1 Å². The predicted molar refractivity (Wildman–Crippen MR) is 76.1 cm³/mol. The summed E-state index contributed by atoms with van der Waals surface area (Å²) >= 11 is 0. The molecular weight excluding hydrogens is 299 g/mol. The summed E-state index contributed by atoms with van der Waals surface area (Å²) in [5, 5.41) is 0. The molecule has 0 spiro atoms. The molecule has 0 N–H and O–H groups in total. The fourth-order valence-corrected chi connectivity index (χ4v) is 3.71. The van der Waals surface area contributed by atoms with E-state index in [0.29, 0.717) is 13.1 Å². The SMILES string of the molecule is O=C1CC(CS(=O)(=O)F)CN1CCCCN1CCOCC1. The first-order valence-corrected chi connectivity index (χ1v) is 8.99. The Hall–Kier alpha value is -0.730. The minimum atomic E-state index is -4.49. The van der Waals surface area contributed by atoms with E-state index in [1.54, 1.807) is 4.90 Å². The van der Waals surface area contributed by atoms with Crippen molar-refractivity contribution >= 4 is 16.1 Å². The number of nitrogens with zero attached hydrogens (tertiary/aromatic N) is 2. The molecule has 0 bridgehead atoms. The van der Waals surface area contributed by atoms with Crippen LogP contribution in [0.1, 0.15) is 19.3 Å². The van der Waals surface area contributed by atoms with Gasteiger partial charge in [0.05, 0.1) is 19.0 Å². The highest BCUT2D eigenvalue weighted by Gasteiger charge is 2.32. The van der Waals surface area contributed by atoms with Gasteiger partial charge in [-0.2, -0.15) is 8.42 Å². The zero-order valence-electron chi connectivity index (χ0n) is 12.2. The van der Waals surface area contributed by atoms with Crippen molar-refractivity contribution in [3.8, 4) is 0 Å². The first-order valence-electron chi connectivity index (χ1n) is 7.44. The molecule has 2 aliphatic heterocycles. The van der Waals surface area contributed by atoms with E-state index in [4.69, 9.17) is 4.74 Å². The van der Waals surface area contributed by atoms with E-state index >= 15 is 0 Å². The van der Waals surface area contributed by atoms with Crippen molar-refractivity contribution in [2.24, 2.45) is 5.92 Å². The summed E-state index contributed by atoms with van der Waals surface area (Å²) in [6, 6.07) is 0. The highest BCUT2D eigenvalue weighted by molar-refractivity contribution is 7.86. The molecule has 0 saturated carbocycles. The van der Waals surface area contributed by atoms with Crippen LogP contribution < -0.4 is 0 Å². The molecule has 1 atom stereocenters. The lowest BCUT2D eigenvalue weighted by molar-refractivity contribution is -0.127. The van der Waals surface area contributed by atoms with Crippen LogP contribution in [0.3, 0.4) is 0 Å². The Balaban J connectivity index is 1.63. The Bertz CT molecular complexity index is 451. The number of halogens is 1. The number of carbonyl (C=O) groups is 1. The number of rotatable bonds is 7. The molecule has 2 saturated heterocycles. The van der Waals surface area contributed by atoms with E-state index < -0.39 is 21.9 Å². The fraction of sp³-hybridized carbons (Fsp3) is 0.923. The van der Waals surface area contributed by atoms with Gasteiger partial charge in [0.15, 0.2) is 0 Å². The minimum Gasteiger partial charge on any atom is -0.379 e. The zero-order valence-corrected chi connectivity index (χ0v) is 13.0. The molecular formula is C13H23FN2O4S. The van der Waals surface area contributed by atoms with Crippen LogP contribution in [-0.2, 0) is 19.8 Å². The third-order valence-electron chi connectivity index (χ3n) is 3.99. The number of likely N-dealkylation sites (tertiary alicyclic amines) is 1. The maximum Gasteiger partial charge on any atom is 0.302 e. The highest BCUT2D eigenvalue weighted by Crippen LogP contribution is 2.20. The molecule has 2 rings (SSSR count). The lowest BCUT2D eigenvalue weighted by atomic mass is 10.1. The second kappa shape index (κ2) is 7.51. The average molecular weight is 322 g/mol. The van der Waals surface area contributed by atoms with Crippen LogP contribution >= 0.6 is 0 Å². The van der Waals surface area contributed by atoms with E-state index in [1.165, 1.54) is 0 Å². The lowest BCUT2D eigenvalue weighted by Crippen LogP contribution is -2.37. The van der Waals surface area contributed by atoms with Gasteiger partial charge in [-0.3, -0.25) is 9.69 Å². The molecule has 8 heteroatoms. The normalized spacial score (nSPS) is 24.7. The number of carbonyl (C=O) groups excluding carboxylic acids is 1. The second-order valence-corrected chi connectivity index (χ2v) is 7.19. The lowest BCUT2D eigenvalue weighted by Gasteiger charge is -2.26. The molecule has 21 heavy (non-hydrogen) atoms. The maximum absolute atomic E-state index is 12.6. The van der Waals surface area contributed by atoms with Crippen LogP contribution in [-0.4, -0.2) is 75.8 Å². The number of morpholine rings is 1. The summed E-state index contributed by atoms with van der Waals surface area (Å²) in [7, 11) is -4.49. The number of hydrogen-bond acceptors (Lipinski definition) is 5. The number of unbranched alkanes of at least 4 members (excludes halogenated alkanes) is 1. The quantitative estimate of drug-likeness (QED) is 0.496. The molecule has 0 aromatic heterocycles. The Morgan fingerprint density at radius 3 is 2.52 bits per heavy atom. The van der Waals surface area contributed by atoms with Crippen molar-refractivity contribution in [3.05, 3.63) is 0 Å². The molecule has 1 unspecified atom stereocenters. The van der Waals surface area contributed by atoms with Crippen LogP contribution in [0.2, 0.25) is 0 Å². The predicted octanol–water partition coefficient (Wildman–Crippen LogP) is 0.247. The molecule has 122 valence electrons. The number of amides is 1. The summed E-state index contributed by atoms with van der Waals surface area (Å²) in [4.78, 5) is 15.8. The van der Waals surface area contributed by atoms with Gasteiger partial charge in [0.25, 0.3) is 0 Å². The molecule has 6 nitrogen and oxygen atoms in total. The molecule has 2 heterocycles. The van der Waals surface area contributed by atoms with Gasteiger partial charge in [-0.15, -0.1) is 3.89 Å². The van der Waals surface area contributed by atoms with Gasteiger partial charge in [-0.1, -0.05) is 0 Å². The van der Waals surface area contributed by atoms with Gasteiger partial charge in [0.1, 0.15) is 0 Å². The molecule has 2 fully saturated rings. The van der Waals surface area contributed by atoms with E-state index in [0.717, 1.165) is 45.7 Å². The summed E-state index contributed by atoms with van der Waals surface area (Å²) in [6.45, 7) is 5.46. The Morgan fingerprint density at radius 2 is 1.86 bits per heavy atom. The summed E-state index contributed by atoms with van der Waals surface area (Å²) in [5.74, 6) is -0.995. The number of hydrogen-bond donors (Lipinski definition) is 0. The summed E-state index contributed by atoms with van der Waals surface area (Å²) in [6.07, 6.45) is 2.03. The third-order valence-corrected chi connectivity index (χ3v) is 4.86. The first kappa shape index (κ1) is 16.6. The largest absolute Gasteiger partial charge is 0.379 e. The molecule has 0 aromatic rings. The smallest absolute Gasteiger partial charge is 0.302 e. The standard InChI is InChI=1S/C13H23FN2O4S/c14-21(18,19)11-12-9-13(17)16(10-12)4-2-1-3-15-5-7-20-8-6-15/h12H,1-11H2. The molecule has 2 aliphatic rings. The van der Waals surface area contributed by atoms with Crippen molar-refractivity contribution < 1.29 is 21.8 Å². The Morgan fingerprint density at radius 1 is 1.19 bits per heavy atom. The van der Waals surface area contributed by atoms with E-state index in [-0.39, 0.29) is 12.3 Å². The van der Waals surface area contributed by atoms with Gasteiger partial charge in [0.2, 0.25) is 5.91 Å². The Kier molecular flexibility index (Phi) is 5.95. The van der Waals surface area contributed by atoms with Gasteiger partial charge in [0, 0.05) is 38.5 Å². The van der Waals surface area contributed by atoms with Crippen molar-refractivity contribution in [1.29, 1.82) is 0 Å². The minimum absolute atomic E-state index is 0.0602. The Labute approximate surface area is 125 Å². The number of ether oxygens (including phenoxy) is 1. The second-order valence-electron chi connectivity index (χ2n) is 5.78. The van der Waals surface area contributed by atoms with Crippen LogP contribution in [0, 0.1) is 5.92 Å². The van der Waals surface area contributed by atoms with Crippen LogP contribution in [0.4, 0.5) is 3.89 Å². The maximum atomic E-state index is 12.6. The van der Waals surface area contributed by atoms with Crippen LogP contribution in [0.25, 0.3) is 0 Å². The molecule has 0 aliphatic carbocycles. The first-order chi connectivity index (χ1) is 9.94. The van der Waals surface area contributed by atoms with Gasteiger partial charge < -0.3 is 9.64 Å². The monoisotopic (exact) mass is 322 g/mol. The van der Waals surface area contributed by atoms with Gasteiger partial charge in [-0.25, -0.2) is 0 Å². The molecule has 0 radical (unpaired) electrons. The fourth-order valence-electron chi connectivity index (χ4n) is 2.93. The van der Waals surface area contributed by atoms with Gasteiger partial charge in [-0.05, 0) is 19.4 Å². The zero-order chi connectivity index (χ0) is 15.3. The summed E-state index contributed by atoms with van der Waals surface area (Å²) in [5.41, 5.74) is 0. The van der Waals surface area contributed by atoms with Crippen molar-refractivity contribution in [2.45, 2.75) is 19.3 Å². The van der Waals surface area contributed by atoms with Crippen molar-refractivity contribution in [2.75, 3.05) is 51.7 Å².